The summed E-state index contributed by atoms with van der Waals surface area (Å²) in [4.78, 5) is 14.2. The van der Waals surface area contributed by atoms with Gasteiger partial charge < -0.3 is 10.6 Å². The number of carbonyl (C=O) groups is 1. The number of likely N-dealkylation sites (tertiary alicyclic amines) is 1. The van der Waals surface area contributed by atoms with Gasteiger partial charge in [-0.15, -0.1) is 12.4 Å². The van der Waals surface area contributed by atoms with Gasteiger partial charge in [-0.1, -0.05) is 15.9 Å². The van der Waals surface area contributed by atoms with Crippen LogP contribution in [0.5, 0.6) is 0 Å². The van der Waals surface area contributed by atoms with Gasteiger partial charge in [0, 0.05) is 11.0 Å². The third-order valence-electron chi connectivity index (χ3n) is 4.36. The Kier molecular flexibility index (Phi) is 6.20. The summed E-state index contributed by atoms with van der Waals surface area (Å²) in [6, 6.07) is 4.64. The van der Waals surface area contributed by atoms with E-state index in [1.165, 1.54) is 6.07 Å². The average Bonchev–Trinajstić information content (AvgIpc) is 2.89. The molecule has 2 fully saturated rings. The number of piperidine rings is 1. The molecule has 7 heteroatoms. The summed E-state index contributed by atoms with van der Waals surface area (Å²) >= 11 is 3.20. The molecule has 22 heavy (non-hydrogen) atoms. The predicted molar refractivity (Wildman–Crippen MR) is 90.9 cm³/mol. The van der Waals surface area contributed by atoms with E-state index < -0.39 is 5.82 Å². The Balaban J connectivity index is 0.00000176. The van der Waals surface area contributed by atoms with E-state index in [0.717, 1.165) is 38.5 Å². The molecule has 2 aliphatic rings. The van der Waals surface area contributed by atoms with E-state index in [1.807, 2.05) is 0 Å². The van der Waals surface area contributed by atoms with Crippen molar-refractivity contribution in [1.29, 1.82) is 0 Å². The first-order valence-corrected chi connectivity index (χ1v) is 8.09. The first-order valence-electron chi connectivity index (χ1n) is 7.30. The first-order chi connectivity index (χ1) is 10.1. The van der Waals surface area contributed by atoms with Crippen molar-refractivity contribution in [3.8, 4) is 0 Å². The Labute approximate surface area is 144 Å². The Morgan fingerprint density at radius 3 is 2.95 bits per heavy atom. The Morgan fingerprint density at radius 2 is 2.18 bits per heavy atom. The van der Waals surface area contributed by atoms with E-state index in [0.29, 0.717) is 16.9 Å². The molecule has 0 aliphatic carbocycles. The van der Waals surface area contributed by atoms with Crippen molar-refractivity contribution in [2.24, 2.45) is 11.8 Å². The Bertz CT molecular complexity index is 546. The number of nitrogens with one attached hydrogen (secondary N) is 2. The van der Waals surface area contributed by atoms with Crippen LogP contribution in [0, 0.1) is 17.7 Å². The van der Waals surface area contributed by atoms with Crippen LogP contribution in [0.3, 0.4) is 0 Å². The highest BCUT2D eigenvalue weighted by Crippen LogP contribution is 2.26. The number of hydrogen-bond donors (Lipinski definition) is 2. The SMILES string of the molecule is Cl.O=C(CN1CCC2CNCC2C1)Nc1ccc(Br)cc1F. The maximum Gasteiger partial charge on any atom is 0.238 e. The number of halogens is 3. The quantitative estimate of drug-likeness (QED) is 0.831. The molecule has 2 heterocycles. The molecule has 3 rings (SSSR count). The number of fused-ring (bicyclic) bond motifs is 1. The normalized spacial score (nSPS) is 24.5. The van der Waals surface area contributed by atoms with Gasteiger partial charge in [-0.05, 0) is 56.1 Å². The van der Waals surface area contributed by atoms with Crippen molar-refractivity contribution < 1.29 is 9.18 Å². The zero-order valence-electron chi connectivity index (χ0n) is 12.1. The van der Waals surface area contributed by atoms with Gasteiger partial charge in [0.15, 0.2) is 0 Å². The largest absolute Gasteiger partial charge is 0.322 e. The van der Waals surface area contributed by atoms with Gasteiger partial charge in [0.1, 0.15) is 5.82 Å². The fraction of sp³-hybridized carbons (Fsp3) is 0.533. The summed E-state index contributed by atoms with van der Waals surface area (Å²) in [7, 11) is 0. The molecule has 2 N–H and O–H groups in total. The fourth-order valence-corrected chi connectivity index (χ4v) is 3.57. The van der Waals surface area contributed by atoms with E-state index >= 15 is 0 Å². The van der Waals surface area contributed by atoms with E-state index in [1.54, 1.807) is 12.1 Å². The molecular formula is C15H20BrClFN3O. The maximum absolute atomic E-state index is 13.7. The monoisotopic (exact) mass is 391 g/mol. The summed E-state index contributed by atoms with van der Waals surface area (Å²) in [5.41, 5.74) is 0.237. The Morgan fingerprint density at radius 1 is 1.41 bits per heavy atom. The molecule has 122 valence electrons. The minimum atomic E-state index is -0.420. The van der Waals surface area contributed by atoms with Crippen molar-refractivity contribution in [2.75, 3.05) is 38.0 Å². The van der Waals surface area contributed by atoms with Gasteiger partial charge in [0.2, 0.25) is 5.91 Å². The molecule has 2 unspecified atom stereocenters. The van der Waals surface area contributed by atoms with Crippen LogP contribution in [0.1, 0.15) is 6.42 Å². The summed E-state index contributed by atoms with van der Waals surface area (Å²) in [6.07, 6.45) is 1.14. The molecule has 0 radical (unpaired) electrons. The predicted octanol–water partition coefficient (Wildman–Crippen LogP) is 2.49. The highest BCUT2D eigenvalue weighted by Gasteiger charge is 2.33. The van der Waals surface area contributed by atoms with Gasteiger partial charge >= 0.3 is 0 Å². The van der Waals surface area contributed by atoms with Gasteiger partial charge in [-0.25, -0.2) is 4.39 Å². The van der Waals surface area contributed by atoms with Crippen LogP contribution >= 0.6 is 28.3 Å². The summed E-state index contributed by atoms with van der Waals surface area (Å²) in [5.74, 6) is 0.834. The fourth-order valence-electron chi connectivity index (χ4n) is 3.24. The van der Waals surface area contributed by atoms with Crippen LogP contribution in [0.25, 0.3) is 0 Å². The molecule has 4 nitrogen and oxygen atoms in total. The zero-order valence-corrected chi connectivity index (χ0v) is 14.6. The van der Waals surface area contributed by atoms with Gasteiger partial charge in [-0.3, -0.25) is 9.69 Å². The lowest BCUT2D eigenvalue weighted by Crippen LogP contribution is -2.43. The molecule has 2 atom stereocenters. The van der Waals surface area contributed by atoms with Crippen LogP contribution in [-0.2, 0) is 4.79 Å². The third-order valence-corrected chi connectivity index (χ3v) is 4.85. The van der Waals surface area contributed by atoms with Gasteiger partial charge in [0.25, 0.3) is 0 Å². The van der Waals surface area contributed by atoms with Crippen molar-refractivity contribution >= 4 is 39.9 Å². The molecule has 2 aliphatic heterocycles. The molecule has 0 spiro atoms. The van der Waals surface area contributed by atoms with Crippen LogP contribution < -0.4 is 10.6 Å². The molecule has 2 saturated heterocycles. The summed E-state index contributed by atoms with van der Waals surface area (Å²) < 4.78 is 14.4. The van der Waals surface area contributed by atoms with Crippen molar-refractivity contribution in [1.82, 2.24) is 10.2 Å². The molecule has 0 aromatic heterocycles. The van der Waals surface area contributed by atoms with E-state index in [-0.39, 0.29) is 24.0 Å². The van der Waals surface area contributed by atoms with Crippen molar-refractivity contribution in [3.05, 3.63) is 28.5 Å². The van der Waals surface area contributed by atoms with Crippen LogP contribution in [0.4, 0.5) is 10.1 Å². The number of carbonyl (C=O) groups excluding carboxylic acids is 1. The van der Waals surface area contributed by atoms with Crippen molar-refractivity contribution in [3.63, 3.8) is 0 Å². The first kappa shape index (κ1) is 17.7. The van der Waals surface area contributed by atoms with Crippen LogP contribution in [0.2, 0.25) is 0 Å². The smallest absolute Gasteiger partial charge is 0.238 e. The third kappa shape index (κ3) is 4.19. The minimum Gasteiger partial charge on any atom is -0.322 e. The molecule has 0 saturated carbocycles. The van der Waals surface area contributed by atoms with Gasteiger partial charge in [-0.2, -0.15) is 0 Å². The number of hydrogen-bond acceptors (Lipinski definition) is 3. The molecule has 1 aromatic rings. The van der Waals surface area contributed by atoms with E-state index in [2.05, 4.69) is 31.5 Å². The van der Waals surface area contributed by atoms with Crippen LogP contribution in [-0.4, -0.2) is 43.5 Å². The lowest BCUT2D eigenvalue weighted by molar-refractivity contribution is -0.117. The number of nitrogens with zero attached hydrogens (tertiary/aromatic N) is 1. The number of rotatable bonds is 3. The zero-order chi connectivity index (χ0) is 14.8. The topological polar surface area (TPSA) is 44.4 Å². The van der Waals surface area contributed by atoms with Gasteiger partial charge in [0.05, 0.1) is 12.2 Å². The van der Waals surface area contributed by atoms with Crippen molar-refractivity contribution in [2.45, 2.75) is 6.42 Å². The molecule has 1 aromatic carbocycles. The molecule has 1 amide bonds. The second-order valence-electron chi connectivity index (χ2n) is 5.87. The second-order valence-corrected chi connectivity index (χ2v) is 6.79. The highest BCUT2D eigenvalue weighted by molar-refractivity contribution is 9.10. The number of benzene rings is 1. The second kappa shape index (κ2) is 7.73. The lowest BCUT2D eigenvalue weighted by atomic mass is 9.89. The Hall–Kier alpha value is -0.690. The summed E-state index contributed by atoms with van der Waals surface area (Å²) in [5, 5.41) is 6.06. The van der Waals surface area contributed by atoms with E-state index in [4.69, 9.17) is 0 Å². The number of amides is 1. The summed E-state index contributed by atoms with van der Waals surface area (Å²) in [6.45, 7) is 4.38. The highest BCUT2D eigenvalue weighted by atomic mass is 79.9. The minimum absolute atomic E-state index is 0. The lowest BCUT2D eigenvalue weighted by Gasteiger charge is -2.33. The standard InChI is InChI=1S/C15H19BrFN3O.ClH/c16-12-1-2-14(13(17)5-12)19-15(21)9-20-4-3-10-6-18-7-11(10)8-20;/h1-2,5,10-11,18H,3-4,6-9H2,(H,19,21);1H. The average molecular weight is 393 g/mol. The molecule has 0 bridgehead atoms. The maximum atomic E-state index is 13.7. The molecular weight excluding hydrogens is 373 g/mol. The number of anilines is 1. The van der Waals surface area contributed by atoms with Crippen LogP contribution in [0.15, 0.2) is 22.7 Å². The van der Waals surface area contributed by atoms with E-state index in [9.17, 15) is 9.18 Å².